The highest BCUT2D eigenvalue weighted by Crippen LogP contribution is 2.25. The predicted octanol–water partition coefficient (Wildman–Crippen LogP) is 4.07. The number of carbonyl (C=O) groups is 1. The lowest BCUT2D eigenvalue weighted by molar-refractivity contribution is -0.128. The molecule has 0 spiro atoms. The van der Waals surface area contributed by atoms with Crippen molar-refractivity contribution in [3.63, 3.8) is 0 Å². The maximum atomic E-state index is 12.3. The Bertz CT molecular complexity index is 692. The quantitative estimate of drug-likeness (QED) is 0.851. The summed E-state index contributed by atoms with van der Waals surface area (Å²) in [6.07, 6.45) is 0. The minimum Gasteiger partial charge on any atom is -0.496 e. The fourth-order valence-electron chi connectivity index (χ4n) is 2.12. The summed E-state index contributed by atoms with van der Waals surface area (Å²) in [5.41, 5.74) is 1.59. The topological polar surface area (TPSA) is 41.6 Å². The predicted molar refractivity (Wildman–Crippen MR) is 94.4 cm³/mol. The number of methoxy groups -OCH3 is 1. The fourth-order valence-corrected chi connectivity index (χ4v) is 2.47. The van der Waals surface area contributed by atoms with Crippen LogP contribution < -0.4 is 10.1 Å². The number of nitrogens with zero attached hydrogens (tertiary/aromatic N) is 1. The molecule has 0 radical (unpaired) electrons. The zero-order chi connectivity index (χ0) is 16.8. The van der Waals surface area contributed by atoms with Crippen LogP contribution in [0.3, 0.4) is 0 Å². The Morgan fingerprint density at radius 2 is 1.96 bits per heavy atom. The van der Waals surface area contributed by atoms with E-state index in [0.29, 0.717) is 22.3 Å². The highest BCUT2D eigenvalue weighted by atomic mass is 35.5. The van der Waals surface area contributed by atoms with Gasteiger partial charge in [-0.05, 0) is 24.3 Å². The number of amides is 1. The second-order valence-corrected chi connectivity index (χ2v) is 5.88. The Hall–Kier alpha value is -1.91. The molecule has 0 aliphatic rings. The van der Waals surface area contributed by atoms with Crippen molar-refractivity contribution in [1.29, 1.82) is 0 Å². The number of rotatable bonds is 6. The molecule has 2 rings (SSSR count). The SMILES string of the molecule is COc1ccccc1CN(C)C(=O)CNc1cc(Cl)ccc1Cl. The van der Waals surface area contributed by atoms with Crippen molar-refractivity contribution in [3.8, 4) is 5.75 Å². The molecule has 0 aliphatic carbocycles. The lowest BCUT2D eigenvalue weighted by atomic mass is 10.2. The molecule has 6 heteroatoms. The molecule has 1 N–H and O–H groups in total. The molecule has 0 atom stereocenters. The van der Waals surface area contributed by atoms with E-state index in [1.54, 1.807) is 37.3 Å². The van der Waals surface area contributed by atoms with Crippen LogP contribution in [0.25, 0.3) is 0 Å². The summed E-state index contributed by atoms with van der Waals surface area (Å²) in [6.45, 7) is 0.597. The summed E-state index contributed by atoms with van der Waals surface area (Å²) < 4.78 is 5.30. The van der Waals surface area contributed by atoms with E-state index in [-0.39, 0.29) is 12.5 Å². The van der Waals surface area contributed by atoms with E-state index >= 15 is 0 Å². The second-order valence-electron chi connectivity index (χ2n) is 5.04. The van der Waals surface area contributed by atoms with E-state index < -0.39 is 0 Å². The molecule has 0 saturated carbocycles. The Morgan fingerprint density at radius 3 is 2.70 bits per heavy atom. The third kappa shape index (κ3) is 4.78. The van der Waals surface area contributed by atoms with Gasteiger partial charge in [0.15, 0.2) is 0 Å². The zero-order valence-corrected chi connectivity index (χ0v) is 14.5. The number of hydrogen-bond donors (Lipinski definition) is 1. The maximum Gasteiger partial charge on any atom is 0.241 e. The molecule has 0 unspecified atom stereocenters. The number of nitrogens with one attached hydrogen (secondary N) is 1. The van der Waals surface area contributed by atoms with Crippen LogP contribution in [0.4, 0.5) is 5.69 Å². The van der Waals surface area contributed by atoms with E-state index in [1.807, 2.05) is 24.3 Å². The average molecular weight is 353 g/mol. The lowest BCUT2D eigenvalue weighted by Crippen LogP contribution is -2.31. The van der Waals surface area contributed by atoms with Gasteiger partial charge in [-0.1, -0.05) is 41.4 Å². The fraction of sp³-hybridized carbons (Fsp3) is 0.235. The van der Waals surface area contributed by atoms with Gasteiger partial charge in [-0.2, -0.15) is 0 Å². The Labute approximate surface area is 146 Å². The zero-order valence-electron chi connectivity index (χ0n) is 13.0. The number of ether oxygens (including phenoxy) is 1. The van der Waals surface area contributed by atoms with Crippen LogP contribution in [0.2, 0.25) is 10.0 Å². The van der Waals surface area contributed by atoms with Gasteiger partial charge < -0.3 is 15.0 Å². The first kappa shape index (κ1) is 17.4. The summed E-state index contributed by atoms with van der Waals surface area (Å²) >= 11 is 12.0. The Kier molecular flexibility index (Phi) is 6.13. The van der Waals surface area contributed by atoms with Gasteiger partial charge in [0.1, 0.15) is 5.75 Å². The van der Waals surface area contributed by atoms with E-state index in [9.17, 15) is 4.79 Å². The standard InChI is InChI=1S/C17H18Cl2N2O2/c1-21(11-12-5-3-4-6-16(12)23-2)17(22)10-20-15-9-13(18)7-8-14(15)19/h3-9,20H,10-11H2,1-2H3. The minimum atomic E-state index is -0.0630. The first-order valence-electron chi connectivity index (χ1n) is 7.06. The van der Waals surface area contributed by atoms with Crippen molar-refractivity contribution < 1.29 is 9.53 Å². The van der Waals surface area contributed by atoms with E-state index in [2.05, 4.69) is 5.32 Å². The van der Waals surface area contributed by atoms with Gasteiger partial charge >= 0.3 is 0 Å². The maximum absolute atomic E-state index is 12.3. The van der Waals surface area contributed by atoms with E-state index in [0.717, 1.165) is 11.3 Å². The number of para-hydroxylation sites is 1. The van der Waals surface area contributed by atoms with Crippen molar-refractivity contribution in [1.82, 2.24) is 4.90 Å². The minimum absolute atomic E-state index is 0.0630. The molecule has 4 nitrogen and oxygen atoms in total. The van der Waals surface area contributed by atoms with Crippen LogP contribution in [-0.2, 0) is 11.3 Å². The molecule has 0 heterocycles. The second kappa shape index (κ2) is 8.09. The molecule has 0 fully saturated rings. The highest BCUT2D eigenvalue weighted by molar-refractivity contribution is 6.35. The number of likely N-dealkylation sites (N-methyl/N-ethyl adjacent to an activating group) is 1. The van der Waals surface area contributed by atoms with Gasteiger partial charge in [0, 0.05) is 24.2 Å². The van der Waals surface area contributed by atoms with Crippen LogP contribution >= 0.6 is 23.2 Å². The highest BCUT2D eigenvalue weighted by Gasteiger charge is 2.12. The molecule has 0 aliphatic heterocycles. The molecular formula is C17H18Cl2N2O2. The molecule has 0 bridgehead atoms. The van der Waals surface area contributed by atoms with Crippen molar-refractivity contribution >= 4 is 34.8 Å². The monoisotopic (exact) mass is 352 g/mol. The molecule has 23 heavy (non-hydrogen) atoms. The van der Waals surface area contributed by atoms with Gasteiger partial charge in [-0.3, -0.25) is 4.79 Å². The smallest absolute Gasteiger partial charge is 0.241 e. The molecule has 122 valence electrons. The van der Waals surface area contributed by atoms with Crippen molar-refractivity contribution in [2.75, 3.05) is 26.0 Å². The average Bonchev–Trinajstić information content (AvgIpc) is 2.55. The summed E-state index contributed by atoms with van der Waals surface area (Å²) in [5, 5.41) is 4.09. The number of anilines is 1. The van der Waals surface area contributed by atoms with Gasteiger partial charge in [0.2, 0.25) is 5.91 Å². The van der Waals surface area contributed by atoms with Gasteiger partial charge in [-0.15, -0.1) is 0 Å². The van der Waals surface area contributed by atoms with E-state index in [1.165, 1.54) is 0 Å². The number of carbonyl (C=O) groups excluding carboxylic acids is 1. The van der Waals surface area contributed by atoms with Crippen LogP contribution in [-0.4, -0.2) is 31.5 Å². The molecule has 0 aromatic heterocycles. The van der Waals surface area contributed by atoms with Gasteiger partial charge in [0.05, 0.1) is 24.4 Å². The molecule has 2 aromatic carbocycles. The third-order valence-electron chi connectivity index (χ3n) is 3.38. The van der Waals surface area contributed by atoms with Crippen molar-refractivity contribution in [3.05, 3.63) is 58.1 Å². The summed E-state index contributed by atoms with van der Waals surface area (Å²) in [7, 11) is 3.36. The van der Waals surface area contributed by atoms with Gasteiger partial charge in [0.25, 0.3) is 0 Å². The number of halogens is 2. The van der Waals surface area contributed by atoms with E-state index in [4.69, 9.17) is 27.9 Å². The van der Waals surface area contributed by atoms with Crippen LogP contribution in [0.1, 0.15) is 5.56 Å². The van der Waals surface area contributed by atoms with Crippen LogP contribution in [0, 0.1) is 0 Å². The summed E-state index contributed by atoms with van der Waals surface area (Å²) in [6, 6.07) is 12.7. The molecule has 1 amide bonds. The first-order chi connectivity index (χ1) is 11.0. The number of benzene rings is 2. The summed E-state index contributed by atoms with van der Waals surface area (Å²) in [4.78, 5) is 13.9. The lowest BCUT2D eigenvalue weighted by Gasteiger charge is -2.19. The van der Waals surface area contributed by atoms with Crippen molar-refractivity contribution in [2.24, 2.45) is 0 Å². The molecule has 0 saturated heterocycles. The molecular weight excluding hydrogens is 335 g/mol. The first-order valence-corrected chi connectivity index (χ1v) is 7.81. The third-order valence-corrected chi connectivity index (χ3v) is 3.95. The normalized spacial score (nSPS) is 10.3. The Morgan fingerprint density at radius 1 is 1.22 bits per heavy atom. The molecule has 2 aromatic rings. The van der Waals surface area contributed by atoms with Crippen LogP contribution in [0.15, 0.2) is 42.5 Å². The largest absolute Gasteiger partial charge is 0.496 e. The van der Waals surface area contributed by atoms with Crippen LogP contribution in [0.5, 0.6) is 5.75 Å². The summed E-state index contributed by atoms with van der Waals surface area (Å²) in [5.74, 6) is 0.699. The Balaban J connectivity index is 1.96. The van der Waals surface area contributed by atoms with Gasteiger partial charge in [-0.25, -0.2) is 0 Å². The van der Waals surface area contributed by atoms with Crippen molar-refractivity contribution in [2.45, 2.75) is 6.54 Å². The number of hydrogen-bond acceptors (Lipinski definition) is 3.